The van der Waals surface area contributed by atoms with Gasteiger partial charge in [0.25, 0.3) is 0 Å². The largest absolute Gasteiger partial charge is 0.352 e. The van der Waals surface area contributed by atoms with Crippen molar-refractivity contribution in [2.24, 2.45) is 0 Å². The van der Waals surface area contributed by atoms with E-state index in [4.69, 9.17) is 0 Å². The summed E-state index contributed by atoms with van der Waals surface area (Å²) in [6.07, 6.45) is 3.00. The maximum Gasteiger partial charge on any atom is 0.179 e. The van der Waals surface area contributed by atoms with E-state index in [0.717, 1.165) is 34.9 Å². The number of nitrogens with one attached hydrogen (secondary N) is 1. The predicted octanol–water partition coefficient (Wildman–Crippen LogP) is 3.39. The lowest BCUT2D eigenvalue weighted by Gasteiger charge is -2.11. The second-order valence-electron chi connectivity index (χ2n) is 4.56. The normalized spacial score (nSPS) is 15.3. The van der Waals surface area contributed by atoms with Gasteiger partial charge in [-0.05, 0) is 42.5 Å². The van der Waals surface area contributed by atoms with Crippen molar-refractivity contribution in [2.75, 3.05) is 0 Å². The van der Waals surface area contributed by atoms with E-state index < -0.39 is 0 Å². The highest BCUT2D eigenvalue weighted by atomic mass is 19.1. The third-order valence-corrected chi connectivity index (χ3v) is 3.58. The molecule has 1 aromatic carbocycles. The van der Waals surface area contributed by atoms with Gasteiger partial charge in [-0.1, -0.05) is 6.92 Å². The highest BCUT2D eigenvalue weighted by Crippen LogP contribution is 2.32. The van der Waals surface area contributed by atoms with E-state index in [0.29, 0.717) is 18.5 Å². The number of carbonyl (C=O) groups is 1. The van der Waals surface area contributed by atoms with Crippen LogP contribution in [0.25, 0.3) is 10.9 Å². The minimum absolute atomic E-state index is 0.157. The van der Waals surface area contributed by atoms with E-state index in [1.807, 2.05) is 6.92 Å². The van der Waals surface area contributed by atoms with Gasteiger partial charge >= 0.3 is 0 Å². The first-order valence-electron chi connectivity index (χ1n) is 6.07. The minimum Gasteiger partial charge on any atom is -0.352 e. The molecule has 0 saturated carbocycles. The molecule has 1 heterocycles. The van der Waals surface area contributed by atoms with E-state index >= 15 is 0 Å². The molecule has 0 radical (unpaired) electrons. The number of Topliss-reactive ketones (excluding diaryl/α,β-unsaturated/α-hetero) is 1. The molecule has 2 nitrogen and oxygen atoms in total. The first-order valence-corrected chi connectivity index (χ1v) is 6.07. The molecule has 1 N–H and O–H groups in total. The van der Waals surface area contributed by atoms with Crippen LogP contribution in [0.2, 0.25) is 0 Å². The van der Waals surface area contributed by atoms with E-state index in [-0.39, 0.29) is 11.6 Å². The number of aromatic nitrogens is 1. The van der Waals surface area contributed by atoms with Crippen LogP contribution in [-0.4, -0.2) is 10.8 Å². The van der Waals surface area contributed by atoms with Crippen molar-refractivity contribution in [3.8, 4) is 0 Å². The summed E-state index contributed by atoms with van der Waals surface area (Å²) in [6.45, 7) is 1.95. The average Bonchev–Trinajstić information content (AvgIpc) is 2.70. The Balaban J connectivity index is 2.40. The number of halogens is 1. The maximum atomic E-state index is 13.8. The van der Waals surface area contributed by atoms with Crippen LogP contribution in [0, 0.1) is 5.82 Å². The molecule has 17 heavy (non-hydrogen) atoms. The van der Waals surface area contributed by atoms with E-state index in [1.54, 1.807) is 6.07 Å². The fraction of sp³-hybridized carbons (Fsp3) is 0.357. The van der Waals surface area contributed by atoms with E-state index in [2.05, 4.69) is 4.98 Å². The lowest BCUT2D eigenvalue weighted by molar-refractivity contribution is 0.0968. The van der Waals surface area contributed by atoms with Crippen molar-refractivity contribution >= 4 is 16.7 Å². The number of carbonyl (C=O) groups excluding carboxylic acids is 1. The summed E-state index contributed by atoms with van der Waals surface area (Å²) in [6, 6.07) is 3.21. The molecule has 1 aliphatic carbocycles. The van der Waals surface area contributed by atoms with Gasteiger partial charge in [0.1, 0.15) is 5.82 Å². The summed E-state index contributed by atoms with van der Waals surface area (Å²) in [5.74, 6) is -0.00951. The fourth-order valence-corrected chi connectivity index (χ4v) is 2.79. The van der Waals surface area contributed by atoms with Gasteiger partial charge in [-0.2, -0.15) is 0 Å². The van der Waals surface area contributed by atoms with Gasteiger partial charge in [-0.3, -0.25) is 4.79 Å². The molecule has 0 atom stereocenters. The number of benzene rings is 1. The average molecular weight is 231 g/mol. The zero-order valence-electron chi connectivity index (χ0n) is 9.77. The zero-order chi connectivity index (χ0) is 12.0. The monoisotopic (exact) mass is 231 g/mol. The molecular formula is C14H14FNO. The van der Waals surface area contributed by atoms with E-state index in [1.165, 1.54) is 6.07 Å². The smallest absolute Gasteiger partial charge is 0.179 e. The van der Waals surface area contributed by atoms with Crippen molar-refractivity contribution < 1.29 is 9.18 Å². The maximum absolute atomic E-state index is 13.8. The Labute approximate surface area is 98.8 Å². The first-order chi connectivity index (χ1) is 8.22. The number of ketones is 1. The summed E-state index contributed by atoms with van der Waals surface area (Å²) >= 11 is 0. The topological polar surface area (TPSA) is 32.9 Å². The quantitative estimate of drug-likeness (QED) is 0.801. The molecule has 3 heteroatoms. The van der Waals surface area contributed by atoms with Crippen LogP contribution >= 0.6 is 0 Å². The van der Waals surface area contributed by atoms with Crippen LogP contribution in [0.4, 0.5) is 4.39 Å². The number of H-pyrrole nitrogens is 1. The summed E-state index contributed by atoms with van der Waals surface area (Å²) in [7, 11) is 0. The second-order valence-corrected chi connectivity index (χ2v) is 4.56. The van der Waals surface area contributed by atoms with E-state index in [9.17, 15) is 9.18 Å². The van der Waals surface area contributed by atoms with Gasteiger partial charge in [0.15, 0.2) is 5.78 Å². The summed E-state index contributed by atoms with van der Waals surface area (Å²) < 4.78 is 13.8. The molecule has 0 saturated heterocycles. The minimum atomic E-state index is -0.167. The van der Waals surface area contributed by atoms with Gasteiger partial charge in [-0.25, -0.2) is 4.39 Å². The molecule has 0 aliphatic heterocycles. The van der Waals surface area contributed by atoms with Crippen LogP contribution in [0.15, 0.2) is 12.1 Å². The van der Waals surface area contributed by atoms with Crippen LogP contribution < -0.4 is 0 Å². The number of hydrogen-bond donors (Lipinski definition) is 1. The molecular weight excluding hydrogens is 217 g/mol. The fourth-order valence-electron chi connectivity index (χ4n) is 2.79. The van der Waals surface area contributed by atoms with Gasteiger partial charge in [0.05, 0.1) is 5.69 Å². The van der Waals surface area contributed by atoms with Gasteiger partial charge in [-0.15, -0.1) is 0 Å². The molecule has 0 unspecified atom stereocenters. The third kappa shape index (κ3) is 1.42. The molecule has 0 amide bonds. The Kier molecular flexibility index (Phi) is 2.28. The molecule has 0 bridgehead atoms. The van der Waals surface area contributed by atoms with Crippen LogP contribution in [-0.2, 0) is 12.8 Å². The van der Waals surface area contributed by atoms with Crippen LogP contribution in [0.5, 0.6) is 0 Å². The highest BCUT2D eigenvalue weighted by molar-refractivity contribution is 6.04. The van der Waals surface area contributed by atoms with Crippen molar-refractivity contribution in [3.05, 3.63) is 34.8 Å². The molecule has 0 spiro atoms. The van der Waals surface area contributed by atoms with Crippen LogP contribution in [0.1, 0.15) is 41.4 Å². The Hall–Kier alpha value is -1.64. The second kappa shape index (κ2) is 3.69. The third-order valence-electron chi connectivity index (χ3n) is 3.58. The predicted molar refractivity (Wildman–Crippen MR) is 64.9 cm³/mol. The zero-order valence-corrected chi connectivity index (χ0v) is 9.77. The van der Waals surface area contributed by atoms with Crippen molar-refractivity contribution in [3.63, 3.8) is 0 Å². The van der Waals surface area contributed by atoms with Crippen molar-refractivity contribution in [1.29, 1.82) is 0 Å². The molecule has 88 valence electrons. The lowest BCUT2D eigenvalue weighted by Crippen LogP contribution is -2.09. The van der Waals surface area contributed by atoms with Crippen LogP contribution in [0.3, 0.4) is 0 Å². The summed E-state index contributed by atoms with van der Waals surface area (Å²) in [5.41, 5.74) is 3.34. The number of rotatable bonds is 1. The first kappa shape index (κ1) is 10.5. The SMILES string of the molecule is CCc1c(F)ccc2[nH]c3c(c12)CCCC3=O. The molecule has 1 aromatic heterocycles. The van der Waals surface area contributed by atoms with Crippen molar-refractivity contribution in [1.82, 2.24) is 4.98 Å². The lowest BCUT2D eigenvalue weighted by atomic mass is 9.92. The Bertz CT molecular complexity index is 612. The standard InChI is InChI=1S/C14H14FNO/c1-2-8-10(15)6-7-11-13(8)9-4-3-5-12(17)14(9)16-11/h6-7,16H,2-5H2,1H3. The molecule has 1 aliphatic rings. The Morgan fingerprint density at radius 2 is 2.18 bits per heavy atom. The molecule has 0 fully saturated rings. The number of fused-ring (bicyclic) bond motifs is 3. The van der Waals surface area contributed by atoms with Gasteiger partial charge < -0.3 is 4.98 Å². The number of aryl methyl sites for hydroxylation is 2. The van der Waals surface area contributed by atoms with Gasteiger partial charge in [0.2, 0.25) is 0 Å². The molecule has 2 aromatic rings. The summed E-state index contributed by atoms with van der Waals surface area (Å²) in [4.78, 5) is 15.0. The Morgan fingerprint density at radius 1 is 1.35 bits per heavy atom. The molecule has 3 rings (SSSR count). The Morgan fingerprint density at radius 3 is 2.94 bits per heavy atom. The van der Waals surface area contributed by atoms with Crippen molar-refractivity contribution in [2.45, 2.75) is 32.6 Å². The summed E-state index contributed by atoms with van der Waals surface area (Å²) in [5, 5.41) is 0.940. The highest BCUT2D eigenvalue weighted by Gasteiger charge is 2.23. The number of aromatic amines is 1. The number of hydrogen-bond acceptors (Lipinski definition) is 1. The van der Waals surface area contributed by atoms with Gasteiger partial charge in [0, 0.05) is 17.3 Å².